The van der Waals surface area contributed by atoms with Crippen LogP contribution in [0, 0.1) is 11.8 Å². The lowest BCUT2D eigenvalue weighted by Crippen LogP contribution is -2.34. The fourth-order valence-electron chi connectivity index (χ4n) is 6.51. The molecule has 2 aliphatic heterocycles. The molecule has 7 rings (SSSR count). The van der Waals surface area contributed by atoms with Gasteiger partial charge in [0, 0.05) is 30.2 Å². The van der Waals surface area contributed by atoms with E-state index in [0.717, 1.165) is 71.5 Å². The minimum Gasteiger partial charge on any atom is -0.488 e. The quantitative estimate of drug-likeness (QED) is 0.268. The second kappa shape index (κ2) is 10.9. The Hall–Kier alpha value is -3.38. The van der Waals surface area contributed by atoms with Crippen LogP contribution in [0.3, 0.4) is 0 Å². The van der Waals surface area contributed by atoms with E-state index in [-0.39, 0.29) is 5.60 Å². The summed E-state index contributed by atoms with van der Waals surface area (Å²) in [5.74, 6) is 3.55. The summed E-state index contributed by atoms with van der Waals surface area (Å²) in [6.45, 7) is 6.63. The topological polar surface area (TPSA) is 66.1 Å². The van der Waals surface area contributed by atoms with Crippen molar-refractivity contribution in [3.8, 4) is 17.0 Å². The number of rotatable bonds is 8. The first kappa shape index (κ1) is 25.6. The van der Waals surface area contributed by atoms with Gasteiger partial charge in [0.25, 0.3) is 0 Å². The minimum atomic E-state index is 0.00358. The molecule has 0 amide bonds. The average molecular weight is 536 g/mol. The molecule has 0 spiro atoms. The molecule has 40 heavy (non-hydrogen) atoms. The lowest BCUT2D eigenvalue weighted by molar-refractivity contribution is 0.200. The van der Waals surface area contributed by atoms with Crippen LogP contribution < -0.4 is 15.0 Å². The highest BCUT2D eigenvalue weighted by Crippen LogP contribution is 2.41. The summed E-state index contributed by atoms with van der Waals surface area (Å²) in [6.07, 6.45) is 11.6. The first-order chi connectivity index (χ1) is 19.6. The van der Waals surface area contributed by atoms with Crippen LogP contribution >= 0.6 is 0 Å². The van der Waals surface area contributed by atoms with Crippen LogP contribution in [-0.4, -0.2) is 47.0 Å². The van der Waals surface area contributed by atoms with Crippen molar-refractivity contribution in [2.24, 2.45) is 11.8 Å². The number of nitrogens with one attached hydrogen (secondary N) is 2. The highest BCUT2D eigenvalue weighted by atomic mass is 16.5. The molecule has 6 heteroatoms. The second-order valence-electron chi connectivity index (χ2n) is 12.6. The van der Waals surface area contributed by atoms with Crippen molar-refractivity contribution in [2.45, 2.75) is 63.9 Å². The first-order valence-electron chi connectivity index (χ1n) is 15.3. The van der Waals surface area contributed by atoms with Gasteiger partial charge < -0.3 is 15.0 Å². The zero-order chi connectivity index (χ0) is 26.9. The monoisotopic (exact) mass is 535 g/mol. The normalized spacial score (nSPS) is 19.7. The molecular weight excluding hydrogens is 494 g/mol. The number of aromatic nitrogens is 3. The predicted octanol–water partition coefficient (Wildman–Crippen LogP) is 6.56. The highest BCUT2D eigenvalue weighted by Gasteiger charge is 2.40. The number of fused-ring (bicyclic) bond motifs is 1. The predicted molar refractivity (Wildman–Crippen MR) is 162 cm³/mol. The lowest BCUT2D eigenvalue weighted by Gasteiger charge is -2.33. The second-order valence-corrected chi connectivity index (χ2v) is 12.6. The average Bonchev–Trinajstić information content (AvgIpc) is 3.56. The number of hydrogen-bond donors (Lipinski definition) is 2. The molecule has 2 saturated heterocycles. The van der Waals surface area contributed by atoms with E-state index in [2.05, 4.69) is 75.9 Å². The van der Waals surface area contributed by atoms with E-state index < -0.39 is 0 Å². The van der Waals surface area contributed by atoms with Gasteiger partial charge in [-0.1, -0.05) is 24.3 Å². The van der Waals surface area contributed by atoms with Crippen molar-refractivity contribution in [2.75, 3.05) is 31.1 Å². The molecule has 2 N–H and O–H groups in total. The maximum absolute atomic E-state index is 6.22. The molecule has 4 aromatic rings. The Balaban J connectivity index is 0.975. The van der Waals surface area contributed by atoms with Crippen molar-refractivity contribution >= 4 is 16.7 Å². The van der Waals surface area contributed by atoms with Crippen LogP contribution in [0.25, 0.3) is 22.2 Å². The Morgan fingerprint density at radius 2 is 1.57 bits per heavy atom. The maximum Gasteiger partial charge on any atom is 0.129 e. The molecule has 0 radical (unpaired) electrons. The molecule has 3 aliphatic rings. The molecule has 0 unspecified atom stereocenters. The Kier molecular flexibility index (Phi) is 6.96. The number of hydrogen-bond acceptors (Lipinski definition) is 5. The van der Waals surface area contributed by atoms with Gasteiger partial charge in [0.1, 0.15) is 22.9 Å². The van der Waals surface area contributed by atoms with Crippen LogP contribution in [-0.2, 0) is 12.8 Å². The third kappa shape index (κ3) is 5.73. The van der Waals surface area contributed by atoms with E-state index in [1.165, 1.54) is 62.7 Å². The number of benzene rings is 2. The summed E-state index contributed by atoms with van der Waals surface area (Å²) < 4.78 is 6.22. The number of pyridine rings is 1. The largest absolute Gasteiger partial charge is 0.488 e. The van der Waals surface area contributed by atoms with E-state index in [1.54, 1.807) is 0 Å². The zero-order valence-corrected chi connectivity index (χ0v) is 23.7. The number of anilines is 1. The van der Waals surface area contributed by atoms with Gasteiger partial charge in [-0.15, -0.1) is 0 Å². The van der Waals surface area contributed by atoms with Gasteiger partial charge in [0.15, 0.2) is 0 Å². The van der Waals surface area contributed by atoms with Gasteiger partial charge in [0.2, 0.25) is 0 Å². The summed E-state index contributed by atoms with van der Waals surface area (Å²) in [6, 6.07) is 20.0. The Morgan fingerprint density at radius 1 is 0.875 bits per heavy atom. The standard InChI is InChI=1S/C34H41N5O/c1-34(13-14-34)40-29-6-7-31-30(23-29)33(38-37-31)28-10-17-36-32(22-28)39-18-11-27(12-19-39)21-25-4-2-24(3-5-25)20-26-8-15-35-16-9-26/h2-7,10,17,22-23,26-27,35H,8-9,11-16,18-21H2,1H3,(H,37,38). The van der Waals surface area contributed by atoms with Gasteiger partial charge in [-0.05, 0) is 125 Å². The van der Waals surface area contributed by atoms with E-state index >= 15 is 0 Å². The lowest BCUT2D eigenvalue weighted by atomic mass is 9.88. The SMILES string of the molecule is CC1(Oc2ccc3[nH]nc(-c4ccnc(N5CCC(Cc6ccc(CC7CCNCC7)cc6)CC5)c4)c3c2)CC1. The van der Waals surface area contributed by atoms with Crippen molar-refractivity contribution in [1.29, 1.82) is 0 Å². The van der Waals surface area contributed by atoms with Gasteiger partial charge in [0.05, 0.1) is 5.52 Å². The van der Waals surface area contributed by atoms with Gasteiger partial charge in [-0.25, -0.2) is 4.98 Å². The number of aromatic amines is 1. The van der Waals surface area contributed by atoms with E-state index in [1.807, 2.05) is 12.3 Å². The van der Waals surface area contributed by atoms with Crippen LogP contribution in [0.2, 0.25) is 0 Å². The van der Waals surface area contributed by atoms with Crippen LogP contribution in [0.1, 0.15) is 56.6 Å². The van der Waals surface area contributed by atoms with Gasteiger partial charge in [-0.3, -0.25) is 5.10 Å². The number of nitrogens with zero attached hydrogens (tertiary/aromatic N) is 3. The van der Waals surface area contributed by atoms with Crippen LogP contribution in [0.15, 0.2) is 60.8 Å². The molecule has 1 saturated carbocycles. The molecule has 4 heterocycles. The smallest absolute Gasteiger partial charge is 0.129 e. The number of piperidine rings is 2. The summed E-state index contributed by atoms with van der Waals surface area (Å²) >= 11 is 0. The molecule has 3 fully saturated rings. The van der Waals surface area contributed by atoms with E-state index in [9.17, 15) is 0 Å². The summed E-state index contributed by atoms with van der Waals surface area (Å²) in [5, 5.41) is 12.4. The van der Waals surface area contributed by atoms with Crippen molar-refractivity contribution in [1.82, 2.24) is 20.5 Å². The molecule has 0 atom stereocenters. The van der Waals surface area contributed by atoms with Crippen molar-refractivity contribution in [3.63, 3.8) is 0 Å². The number of H-pyrrole nitrogens is 1. The zero-order valence-electron chi connectivity index (χ0n) is 23.7. The summed E-state index contributed by atoms with van der Waals surface area (Å²) in [5.41, 5.74) is 6.08. The molecular formula is C34H41N5O. The van der Waals surface area contributed by atoms with Crippen LogP contribution in [0.5, 0.6) is 5.75 Å². The summed E-state index contributed by atoms with van der Waals surface area (Å²) in [4.78, 5) is 7.20. The fraction of sp³-hybridized carbons (Fsp3) is 0.471. The minimum absolute atomic E-state index is 0.00358. The first-order valence-corrected chi connectivity index (χ1v) is 15.3. The van der Waals surface area contributed by atoms with E-state index in [0.29, 0.717) is 0 Å². The Morgan fingerprint density at radius 3 is 2.27 bits per heavy atom. The van der Waals surface area contributed by atoms with Crippen molar-refractivity contribution in [3.05, 3.63) is 71.9 Å². The maximum atomic E-state index is 6.22. The van der Waals surface area contributed by atoms with E-state index in [4.69, 9.17) is 9.72 Å². The Bertz CT molecular complexity index is 1440. The third-order valence-electron chi connectivity index (χ3n) is 9.34. The van der Waals surface area contributed by atoms with Crippen molar-refractivity contribution < 1.29 is 4.74 Å². The Labute approximate surface area is 237 Å². The number of ether oxygens (including phenoxy) is 1. The molecule has 2 aromatic carbocycles. The molecule has 6 nitrogen and oxygen atoms in total. The van der Waals surface area contributed by atoms with Gasteiger partial charge in [-0.2, -0.15) is 5.10 Å². The highest BCUT2D eigenvalue weighted by molar-refractivity contribution is 5.94. The van der Waals surface area contributed by atoms with Crippen LogP contribution in [0.4, 0.5) is 5.82 Å². The summed E-state index contributed by atoms with van der Waals surface area (Å²) in [7, 11) is 0. The molecule has 0 bridgehead atoms. The molecule has 2 aromatic heterocycles. The third-order valence-corrected chi connectivity index (χ3v) is 9.34. The van der Waals surface area contributed by atoms with Gasteiger partial charge >= 0.3 is 0 Å². The fourth-order valence-corrected chi connectivity index (χ4v) is 6.51. The molecule has 208 valence electrons. The molecule has 1 aliphatic carbocycles.